The summed E-state index contributed by atoms with van der Waals surface area (Å²) in [5.74, 6) is 1.17. The first-order valence-electron chi connectivity index (χ1n) is 16.3. The third kappa shape index (κ3) is 11.3. The number of hydrogen-bond donors (Lipinski definition) is 1. The molecule has 0 aromatic heterocycles. The van der Waals surface area contributed by atoms with Crippen molar-refractivity contribution in [3.63, 3.8) is 0 Å². The van der Waals surface area contributed by atoms with Crippen LogP contribution in [0.15, 0.2) is 78.9 Å². The Morgan fingerprint density at radius 1 is 0.667 bits per heavy atom. The van der Waals surface area contributed by atoms with Gasteiger partial charge in [0.25, 0.3) is 0 Å². The second-order valence-corrected chi connectivity index (χ2v) is 11.4. The number of carboxylic acids is 1. The minimum atomic E-state index is -1.21. The summed E-state index contributed by atoms with van der Waals surface area (Å²) >= 11 is 0. The quantitative estimate of drug-likeness (QED) is 0.192. The zero-order valence-corrected chi connectivity index (χ0v) is 26.5. The standard InChI is InChI=1S/C37H48O8/c1-2-3-4-5-6-7-8-16-23-37(45-35(36(38)39)30-17-10-9-11-18-30)28-43-33-21-14-12-19-31(33)41-26-24-40-25-27-42-32-20-13-15-22-34(32)44-29-37/h9-15,17-22,35H,2-8,16,23-29H2,1H3,(H,38,39). The predicted octanol–water partition coefficient (Wildman–Crippen LogP) is 8.04. The van der Waals surface area contributed by atoms with E-state index in [9.17, 15) is 9.90 Å². The van der Waals surface area contributed by atoms with Crippen molar-refractivity contribution in [1.29, 1.82) is 0 Å². The number of unbranched alkanes of at least 4 members (excludes halogenated alkanes) is 7. The van der Waals surface area contributed by atoms with Crippen LogP contribution in [0.4, 0.5) is 0 Å². The molecule has 1 aliphatic heterocycles. The van der Waals surface area contributed by atoms with Crippen LogP contribution in [0.3, 0.4) is 0 Å². The highest BCUT2D eigenvalue weighted by Crippen LogP contribution is 2.35. The van der Waals surface area contributed by atoms with E-state index in [1.54, 1.807) is 12.1 Å². The van der Waals surface area contributed by atoms with E-state index in [4.69, 9.17) is 28.4 Å². The van der Waals surface area contributed by atoms with Gasteiger partial charge in [0, 0.05) is 0 Å². The molecule has 0 saturated heterocycles. The number of ether oxygens (including phenoxy) is 6. The zero-order valence-electron chi connectivity index (χ0n) is 26.5. The molecule has 1 N–H and O–H groups in total. The number of carbonyl (C=O) groups is 1. The fraction of sp³-hybridized carbons (Fsp3) is 0.486. The third-order valence-corrected chi connectivity index (χ3v) is 7.83. The Balaban J connectivity index is 1.64. The number of hydrogen-bond acceptors (Lipinski definition) is 7. The van der Waals surface area contributed by atoms with Gasteiger partial charge in [0.05, 0.1) is 13.2 Å². The number of benzene rings is 3. The van der Waals surface area contributed by atoms with Crippen molar-refractivity contribution in [2.24, 2.45) is 0 Å². The highest BCUT2D eigenvalue weighted by atomic mass is 16.6. The summed E-state index contributed by atoms with van der Waals surface area (Å²) in [4.78, 5) is 12.7. The lowest BCUT2D eigenvalue weighted by molar-refractivity contribution is -0.177. The summed E-state index contributed by atoms with van der Waals surface area (Å²) < 4.78 is 37.2. The van der Waals surface area contributed by atoms with E-state index in [1.165, 1.54) is 32.1 Å². The molecule has 0 saturated carbocycles. The molecule has 0 bridgehead atoms. The molecule has 3 aromatic rings. The molecule has 4 rings (SSSR count). The first-order valence-corrected chi connectivity index (χ1v) is 16.3. The molecule has 244 valence electrons. The average molecular weight is 621 g/mol. The monoisotopic (exact) mass is 620 g/mol. The van der Waals surface area contributed by atoms with E-state index < -0.39 is 17.7 Å². The summed E-state index contributed by atoms with van der Waals surface area (Å²) in [6.07, 6.45) is 8.43. The van der Waals surface area contributed by atoms with Crippen LogP contribution in [-0.2, 0) is 14.3 Å². The zero-order chi connectivity index (χ0) is 31.6. The molecule has 1 atom stereocenters. The molecule has 8 nitrogen and oxygen atoms in total. The van der Waals surface area contributed by atoms with Crippen LogP contribution in [0.1, 0.15) is 76.4 Å². The van der Waals surface area contributed by atoms with Gasteiger partial charge in [-0.15, -0.1) is 0 Å². The Morgan fingerprint density at radius 3 is 1.64 bits per heavy atom. The van der Waals surface area contributed by atoms with Crippen molar-refractivity contribution < 1.29 is 38.3 Å². The highest BCUT2D eigenvalue weighted by Gasteiger charge is 2.39. The van der Waals surface area contributed by atoms with E-state index in [0.29, 0.717) is 61.4 Å². The summed E-state index contributed by atoms with van der Waals surface area (Å²) in [5.41, 5.74) is -0.554. The predicted molar refractivity (Wildman–Crippen MR) is 174 cm³/mol. The lowest BCUT2D eigenvalue weighted by Gasteiger charge is -2.36. The van der Waals surface area contributed by atoms with Crippen LogP contribution >= 0.6 is 0 Å². The smallest absolute Gasteiger partial charge is 0.337 e. The molecular formula is C37H48O8. The molecule has 0 fully saturated rings. The van der Waals surface area contributed by atoms with Gasteiger partial charge >= 0.3 is 5.97 Å². The van der Waals surface area contributed by atoms with Gasteiger partial charge < -0.3 is 33.5 Å². The molecule has 0 spiro atoms. The number of carboxylic acid groups (broad SMARTS) is 1. The second-order valence-electron chi connectivity index (χ2n) is 11.4. The van der Waals surface area contributed by atoms with Crippen LogP contribution in [0.25, 0.3) is 0 Å². The Bertz CT molecular complexity index is 1210. The van der Waals surface area contributed by atoms with Crippen molar-refractivity contribution in [1.82, 2.24) is 0 Å². The van der Waals surface area contributed by atoms with E-state index in [-0.39, 0.29) is 13.2 Å². The van der Waals surface area contributed by atoms with Gasteiger partial charge in [0.15, 0.2) is 29.1 Å². The second kappa shape index (κ2) is 18.9. The van der Waals surface area contributed by atoms with Gasteiger partial charge in [0.2, 0.25) is 0 Å². The number of fused-ring (bicyclic) bond motifs is 2. The van der Waals surface area contributed by atoms with Gasteiger partial charge in [-0.25, -0.2) is 4.79 Å². The number of para-hydroxylation sites is 4. The van der Waals surface area contributed by atoms with Gasteiger partial charge in [-0.05, 0) is 36.2 Å². The molecule has 0 aliphatic carbocycles. The van der Waals surface area contributed by atoms with Crippen LogP contribution in [0, 0.1) is 0 Å². The van der Waals surface area contributed by atoms with Crippen molar-refractivity contribution in [3.05, 3.63) is 84.4 Å². The van der Waals surface area contributed by atoms with Crippen molar-refractivity contribution in [2.45, 2.75) is 76.4 Å². The Hall–Kier alpha value is -3.75. The molecule has 1 heterocycles. The van der Waals surface area contributed by atoms with Crippen LogP contribution in [0.2, 0.25) is 0 Å². The van der Waals surface area contributed by atoms with Gasteiger partial charge in [-0.1, -0.05) is 113 Å². The lowest BCUT2D eigenvalue weighted by Crippen LogP contribution is -2.47. The molecule has 0 amide bonds. The third-order valence-electron chi connectivity index (χ3n) is 7.83. The first kappa shape index (κ1) is 34.1. The molecule has 1 aliphatic rings. The average Bonchev–Trinajstić information content (AvgIpc) is 3.06. The van der Waals surface area contributed by atoms with Crippen molar-refractivity contribution in [2.75, 3.05) is 39.6 Å². The highest BCUT2D eigenvalue weighted by molar-refractivity contribution is 5.74. The molecule has 8 heteroatoms. The molecule has 45 heavy (non-hydrogen) atoms. The fourth-order valence-electron chi connectivity index (χ4n) is 5.35. The maximum absolute atomic E-state index is 12.7. The minimum absolute atomic E-state index is 0.0556. The van der Waals surface area contributed by atoms with E-state index in [2.05, 4.69) is 6.92 Å². The summed E-state index contributed by atoms with van der Waals surface area (Å²) in [6.45, 7) is 3.80. The lowest BCUT2D eigenvalue weighted by atomic mass is 9.95. The summed E-state index contributed by atoms with van der Waals surface area (Å²) in [7, 11) is 0. The largest absolute Gasteiger partial charge is 0.487 e. The van der Waals surface area contributed by atoms with Crippen molar-refractivity contribution in [3.8, 4) is 23.0 Å². The Labute approximate surface area is 267 Å². The number of rotatable bonds is 13. The maximum Gasteiger partial charge on any atom is 0.337 e. The van der Waals surface area contributed by atoms with E-state index in [1.807, 2.05) is 66.7 Å². The number of aliphatic carboxylic acids is 1. The van der Waals surface area contributed by atoms with Gasteiger partial charge in [0.1, 0.15) is 32.0 Å². The van der Waals surface area contributed by atoms with Gasteiger partial charge in [-0.2, -0.15) is 0 Å². The SMILES string of the molecule is CCCCCCCCCCC1(OC(C(=O)O)c2ccccc2)COc2ccccc2OCCOCCOc2ccccc2OC1. The van der Waals surface area contributed by atoms with Crippen molar-refractivity contribution >= 4 is 5.97 Å². The van der Waals surface area contributed by atoms with E-state index in [0.717, 1.165) is 19.3 Å². The van der Waals surface area contributed by atoms with E-state index >= 15 is 0 Å². The normalized spacial score (nSPS) is 16.0. The molecule has 0 radical (unpaired) electrons. The molecule has 1 unspecified atom stereocenters. The Kier molecular flexibility index (Phi) is 14.3. The Morgan fingerprint density at radius 2 is 1.13 bits per heavy atom. The van der Waals surface area contributed by atoms with Crippen LogP contribution in [-0.4, -0.2) is 56.3 Å². The molecule has 3 aromatic carbocycles. The topological polar surface area (TPSA) is 92.7 Å². The van der Waals surface area contributed by atoms with Crippen LogP contribution in [0.5, 0.6) is 23.0 Å². The van der Waals surface area contributed by atoms with Crippen LogP contribution < -0.4 is 18.9 Å². The molecular weight excluding hydrogens is 572 g/mol. The summed E-state index contributed by atoms with van der Waals surface area (Å²) in [6, 6.07) is 23.9. The maximum atomic E-state index is 12.7. The summed E-state index contributed by atoms with van der Waals surface area (Å²) in [5, 5.41) is 10.4. The minimum Gasteiger partial charge on any atom is -0.487 e. The van der Waals surface area contributed by atoms with Gasteiger partial charge in [-0.3, -0.25) is 0 Å². The fourth-order valence-corrected chi connectivity index (χ4v) is 5.35. The first-order chi connectivity index (χ1) is 22.1.